The Kier molecular flexibility index (Phi) is 4.85. The monoisotopic (exact) mass is 398 g/mol. The topological polar surface area (TPSA) is 99.8 Å². The fraction of sp³-hybridized carbons (Fsp3) is 0.571. The van der Waals surface area contributed by atoms with E-state index in [9.17, 15) is 14.4 Å². The average Bonchev–Trinajstić information content (AvgIpc) is 3.36. The highest BCUT2D eigenvalue weighted by atomic mass is 16.5. The van der Waals surface area contributed by atoms with E-state index in [1.54, 1.807) is 4.90 Å². The van der Waals surface area contributed by atoms with Crippen molar-refractivity contribution in [3.8, 4) is 0 Å². The molecule has 3 amide bonds. The van der Waals surface area contributed by atoms with Gasteiger partial charge in [0.15, 0.2) is 0 Å². The number of amides is 3. The van der Waals surface area contributed by atoms with Crippen molar-refractivity contribution in [1.82, 2.24) is 20.9 Å². The molecule has 4 heterocycles. The second-order valence-corrected chi connectivity index (χ2v) is 8.49. The van der Waals surface area contributed by atoms with Crippen molar-refractivity contribution in [2.75, 3.05) is 19.8 Å². The number of imide groups is 1. The van der Waals surface area contributed by atoms with Crippen LogP contribution >= 0.6 is 0 Å². The number of piperidine rings is 1. The van der Waals surface area contributed by atoms with Crippen LogP contribution in [0.15, 0.2) is 18.2 Å². The molecule has 1 aromatic carbocycles. The van der Waals surface area contributed by atoms with Gasteiger partial charge in [-0.3, -0.25) is 19.7 Å². The quantitative estimate of drug-likeness (QED) is 0.600. The molecule has 8 nitrogen and oxygen atoms in total. The minimum atomic E-state index is -0.572. The van der Waals surface area contributed by atoms with Gasteiger partial charge in [-0.25, -0.2) is 0 Å². The van der Waals surface area contributed by atoms with Crippen LogP contribution in [0.4, 0.5) is 0 Å². The molecule has 5 rings (SSSR count). The third-order valence-electron chi connectivity index (χ3n) is 6.58. The highest BCUT2D eigenvalue weighted by Crippen LogP contribution is 2.30. The zero-order valence-electron chi connectivity index (χ0n) is 16.3. The summed E-state index contributed by atoms with van der Waals surface area (Å²) in [5.41, 5.74) is 2.61. The van der Waals surface area contributed by atoms with Gasteiger partial charge in [-0.05, 0) is 24.0 Å². The van der Waals surface area contributed by atoms with Crippen LogP contribution in [-0.4, -0.2) is 60.5 Å². The Hall–Kier alpha value is -2.29. The summed E-state index contributed by atoms with van der Waals surface area (Å²) in [6, 6.07) is 6.22. The first kappa shape index (κ1) is 18.7. The second kappa shape index (κ2) is 7.51. The van der Waals surface area contributed by atoms with Crippen LogP contribution in [0, 0.1) is 5.92 Å². The number of ether oxygens (including phenoxy) is 1. The van der Waals surface area contributed by atoms with Gasteiger partial charge in [-0.1, -0.05) is 18.2 Å². The van der Waals surface area contributed by atoms with Crippen LogP contribution < -0.4 is 16.0 Å². The Morgan fingerprint density at radius 1 is 1.21 bits per heavy atom. The molecule has 0 aromatic heterocycles. The van der Waals surface area contributed by atoms with Gasteiger partial charge in [0.05, 0.1) is 13.2 Å². The number of hydrogen-bond donors (Lipinski definition) is 3. The molecule has 154 valence electrons. The lowest BCUT2D eigenvalue weighted by Gasteiger charge is -2.29. The highest BCUT2D eigenvalue weighted by molar-refractivity contribution is 6.05. The Bertz CT molecular complexity index is 845. The standard InChI is InChI=1S/C21H26N4O4/c26-18-5-4-17(20(27)24-18)25-9-13-3-1-2-12(19(13)21(25)28)7-22-8-15-6-14-10-29-11-16(14)23-15/h1-3,14-17,22-23H,4-11H2,(H,24,26,27). The van der Waals surface area contributed by atoms with Crippen molar-refractivity contribution in [1.29, 1.82) is 0 Å². The largest absolute Gasteiger partial charge is 0.379 e. The van der Waals surface area contributed by atoms with Gasteiger partial charge in [-0.15, -0.1) is 0 Å². The molecule has 4 atom stereocenters. The Labute approximate surface area is 169 Å². The van der Waals surface area contributed by atoms with Crippen LogP contribution in [0.3, 0.4) is 0 Å². The SMILES string of the molecule is O=C1CCC(N2Cc3cccc(CNCC4CC5COCC5N4)c3C2=O)C(=O)N1. The number of carbonyl (C=O) groups excluding carboxylic acids is 3. The van der Waals surface area contributed by atoms with Gasteiger partial charge >= 0.3 is 0 Å². The Morgan fingerprint density at radius 3 is 2.93 bits per heavy atom. The summed E-state index contributed by atoms with van der Waals surface area (Å²) in [6.45, 7) is 3.54. The van der Waals surface area contributed by atoms with E-state index >= 15 is 0 Å². The Morgan fingerprint density at radius 2 is 2.10 bits per heavy atom. The summed E-state index contributed by atoms with van der Waals surface area (Å²) in [4.78, 5) is 38.4. The molecular formula is C21H26N4O4. The first-order valence-electron chi connectivity index (χ1n) is 10.4. The maximum Gasteiger partial charge on any atom is 0.255 e. The molecule has 3 fully saturated rings. The molecule has 8 heteroatoms. The Balaban J connectivity index is 1.23. The number of fused-ring (bicyclic) bond motifs is 2. The molecule has 0 bridgehead atoms. The van der Waals surface area contributed by atoms with E-state index in [1.807, 2.05) is 18.2 Å². The lowest BCUT2D eigenvalue weighted by molar-refractivity contribution is -0.136. The van der Waals surface area contributed by atoms with Gasteiger partial charge < -0.3 is 20.3 Å². The van der Waals surface area contributed by atoms with Crippen molar-refractivity contribution in [3.05, 3.63) is 34.9 Å². The van der Waals surface area contributed by atoms with Crippen molar-refractivity contribution in [3.63, 3.8) is 0 Å². The van der Waals surface area contributed by atoms with Crippen molar-refractivity contribution in [2.45, 2.75) is 50.5 Å². The molecule has 1 aromatic rings. The van der Waals surface area contributed by atoms with Crippen molar-refractivity contribution in [2.24, 2.45) is 5.92 Å². The minimum Gasteiger partial charge on any atom is -0.379 e. The fourth-order valence-corrected chi connectivity index (χ4v) is 5.11. The lowest BCUT2D eigenvalue weighted by atomic mass is 10.0. The van der Waals surface area contributed by atoms with E-state index in [-0.39, 0.29) is 24.1 Å². The van der Waals surface area contributed by atoms with E-state index in [1.165, 1.54) is 0 Å². The second-order valence-electron chi connectivity index (χ2n) is 8.49. The zero-order valence-corrected chi connectivity index (χ0v) is 16.3. The zero-order chi connectivity index (χ0) is 20.0. The van der Waals surface area contributed by atoms with E-state index in [2.05, 4.69) is 16.0 Å². The van der Waals surface area contributed by atoms with E-state index in [4.69, 9.17) is 4.74 Å². The van der Waals surface area contributed by atoms with E-state index in [0.29, 0.717) is 43.1 Å². The maximum atomic E-state index is 13.1. The molecule has 0 aliphatic carbocycles. The summed E-state index contributed by atoms with van der Waals surface area (Å²) in [7, 11) is 0. The predicted octanol–water partition coefficient (Wildman–Crippen LogP) is -0.0859. The van der Waals surface area contributed by atoms with Gasteiger partial charge in [0, 0.05) is 49.6 Å². The number of hydrogen-bond acceptors (Lipinski definition) is 6. The first-order chi connectivity index (χ1) is 14.1. The fourth-order valence-electron chi connectivity index (χ4n) is 5.11. The van der Waals surface area contributed by atoms with Gasteiger partial charge in [0.25, 0.3) is 5.91 Å². The number of nitrogens with zero attached hydrogens (tertiary/aromatic N) is 1. The van der Waals surface area contributed by atoms with E-state index < -0.39 is 6.04 Å². The molecule has 4 unspecified atom stereocenters. The smallest absolute Gasteiger partial charge is 0.255 e. The van der Waals surface area contributed by atoms with Crippen molar-refractivity contribution >= 4 is 17.7 Å². The molecule has 3 N–H and O–H groups in total. The summed E-state index contributed by atoms with van der Waals surface area (Å²) < 4.78 is 5.50. The molecule has 0 radical (unpaired) electrons. The van der Waals surface area contributed by atoms with Crippen LogP contribution in [-0.2, 0) is 27.4 Å². The van der Waals surface area contributed by atoms with Gasteiger partial charge in [0.2, 0.25) is 11.8 Å². The maximum absolute atomic E-state index is 13.1. The molecule has 0 saturated carbocycles. The summed E-state index contributed by atoms with van der Waals surface area (Å²) in [6.07, 6.45) is 1.77. The number of rotatable bonds is 5. The normalized spacial score (nSPS) is 31.2. The molecule has 3 saturated heterocycles. The van der Waals surface area contributed by atoms with Gasteiger partial charge in [-0.2, -0.15) is 0 Å². The van der Waals surface area contributed by atoms with Crippen LogP contribution in [0.2, 0.25) is 0 Å². The predicted molar refractivity (Wildman–Crippen MR) is 104 cm³/mol. The molecule has 4 aliphatic rings. The van der Waals surface area contributed by atoms with Crippen molar-refractivity contribution < 1.29 is 19.1 Å². The molecular weight excluding hydrogens is 372 g/mol. The lowest BCUT2D eigenvalue weighted by Crippen LogP contribution is -2.52. The third-order valence-corrected chi connectivity index (χ3v) is 6.58. The van der Waals surface area contributed by atoms with Crippen LogP contribution in [0.1, 0.15) is 40.7 Å². The number of carbonyl (C=O) groups is 3. The van der Waals surface area contributed by atoms with Gasteiger partial charge in [0.1, 0.15) is 6.04 Å². The summed E-state index contributed by atoms with van der Waals surface area (Å²) in [5.74, 6) is -0.135. The molecule has 29 heavy (non-hydrogen) atoms. The van der Waals surface area contributed by atoms with Crippen LogP contribution in [0.5, 0.6) is 0 Å². The summed E-state index contributed by atoms with van der Waals surface area (Å²) >= 11 is 0. The highest BCUT2D eigenvalue weighted by Gasteiger charge is 2.40. The number of nitrogens with one attached hydrogen (secondary N) is 3. The molecule has 0 spiro atoms. The minimum absolute atomic E-state index is 0.113. The average molecular weight is 398 g/mol. The third kappa shape index (κ3) is 3.45. The van der Waals surface area contributed by atoms with Crippen LogP contribution in [0.25, 0.3) is 0 Å². The molecule has 4 aliphatic heterocycles. The van der Waals surface area contributed by atoms with E-state index in [0.717, 1.165) is 37.3 Å². The number of benzene rings is 1. The summed E-state index contributed by atoms with van der Waals surface area (Å²) in [5, 5.41) is 9.47. The first-order valence-corrected chi connectivity index (χ1v) is 10.4.